The van der Waals surface area contributed by atoms with Crippen molar-refractivity contribution in [1.82, 2.24) is 4.98 Å². The summed E-state index contributed by atoms with van der Waals surface area (Å²) in [7, 11) is 0. The molecule has 2 heterocycles. The fourth-order valence-corrected chi connectivity index (χ4v) is 1.49. The van der Waals surface area contributed by atoms with Crippen molar-refractivity contribution in [3.63, 3.8) is 0 Å². The van der Waals surface area contributed by atoms with Gasteiger partial charge in [0.1, 0.15) is 0 Å². The van der Waals surface area contributed by atoms with Crippen molar-refractivity contribution in [2.75, 3.05) is 0 Å². The van der Waals surface area contributed by atoms with Crippen LogP contribution in [-0.4, -0.2) is 16.1 Å². The van der Waals surface area contributed by atoms with Crippen LogP contribution in [0.25, 0.3) is 11.0 Å². The molecule has 0 aliphatic heterocycles. The zero-order valence-corrected chi connectivity index (χ0v) is 7.91. The van der Waals surface area contributed by atoms with E-state index >= 15 is 0 Å². The van der Waals surface area contributed by atoms with E-state index in [1.165, 1.54) is 6.20 Å². The van der Waals surface area contributed by atoms with Crippen LogP contribution in [0.2, 0.25) is 0 Å². The number of hydrogen-bond acceptors (Lipinski definition) is 3. The lowest BCUT2D eigenvalue weighted by Crippen LogP contribution is -1.99. The maximum atomic E-state index is 10.7. The fourth-order valence-electron chi connectivity index (χ4n) is 1.09. The molecule has 5 heteroatoms. The highest BCUT2D eigenvalue weighted by Crippen LogP contribution is 2.24. The molecule has 0 saturated heterocycles. The molecule has 4 nitrogen and oxygen atoms in total. The number of aromatic nitrogens is 1. The number of nitrogens with zero attached hydrogens (tertiary/aromatic N) is 1. The van der Waals surface area contributed by atoms with Gasteiger partial charge >= 0.3 is 5.97 Å². The molecule has 0 atom stereocenters. The van der Waals surface area contributed by atoms with Crippen molar-refractivity contribution in [1.29, 1.82) is 0 Å². The maximum Gasteiger partial charge on any atom is 0.358 e. The summed E-state index contributed by atoms with van der Waals surface area (Å²) in [5.74, 6) is -1.09. The smallest absolute Gasteiger partial charge is 0.358 e. The largest absolute Gasteiger partial charge is 0.476 e. The van der Waals surface area contributed by atoms with Crippen LogP contribution in [0.4, 0.5) is 0 Å². The molecule has 0 fully saturated rings. The van der Waals surface area contributed by atoms with Crippen molar-refractivity contribution in [3.05, 3.63) is 28.7 Å². The molecule has 2 aromatic heterocycles. The molecule has 0 spiro atoms. The van der Waals surface area contributed by atoms with E-state index in [2.05, 4.69) is 20.9 Å². The van der Waals surface area contributed by atoms with Gasteiger partial charge in [0, 0.05) is 11.6 Å². The van der Waals surface area contributed by atoms with E-state index in [9.17, 15) is 4.79 Å². The minimum atomic E-state index is -1.09. The molecular weight excluding hydrogens is 238 g/mol. The molecule has 0 aliphatic rings. The lowest BCUT2D eigenvalue weighted by molar-refractivity contribution is 0.0691. The number of carboxylic acids is 1. The van der Waals surface area contributed by atoms with E-state index in [0.29, 0.717) is 10.3 Å². The lowest BCUT2D eigenvalue weighted by atomic mass is 10.2. The Bertz CT molecular complexity index is 477. The van der Waals surface area contributed by atoms with Gasteiger partial charge in [0.15, 0.2) is 15.9 Å². The van der Waals surface area contributed by atoms with Crippen LogP contribution < -0.4 is 0 Å². The summed E-state index contributed by atoms with van der Waals surface area (Å²) in [5, 5.41) is 9.48. The van der Waals surface area contributed by atoms with Crippen molar-refractivity contribution < 1.29 is 14.3 Å². The highest BCUT2D eigenvalue weighted by atomic mass is 79.9. The number of pyridine rings is 1. The van der Waals surface area contributed by atoms with Crippen LogP contribution in [0.15, 0.2) is 27.4 Å². The highest BCUT2D eigenvalue weighted by molar-refractivity contribution is 9.10. The highest BCUT2D eigenvalue weighted by Gasteiger charge is 2.13. The van der Waals surface area contributed by atoms with Crippen molar-refractivity contribution in [2.24, 2.45) is 0 Å². The standard InChI is InChI=1S/C8H4BrNO3/c9-5-3-4-1-2-10-6(8(11)12)7(4)13-5/h1-3H,(H,11,12). The molecule has 13 heavy (non-hydrogen) atoms. The molecule has 0 aliphatic carbocycles. The summed E-state index contributed by atoms with van der Waals surface area (Å²) in [6.45, 7) is 0. The Kier molecular flexibility index (Phi) is 1.81. The molecule has 1 N–H and O–H groups in total. The first kappa shape index (κ1) is 8.25. The zero-order valence-electron chi connectivity index (χ0n) is 6.32. The molecule has 0 unspecified atom stereocenters. The zero-order chi connectivity index (χ0) is 9.42. The SMILES string of the molecule is O=C(O)c1nccc2cc(Br)oc12. The maximum absolute atomic E-state index is 10.7. The third kappa shape index (κ3) is 1.31. The Labute approximate surface area is 81.3 Å². The summed E-state index contributed by atoms with van der Waals surface area (Å²) in [5.41, 5.74) is 0.227. The van der Waals surface area contributed by atoms with Crippen LogP contribution in [0.3, 0.4) is 0 Å². The van der Waals surface area contributed by atoms with Gasteiger partial charge in [0.2, 0.25) is 0 Å². The molecule has 2 rings (SSSR count). The van der Waals surface area contributed by atoms with E-state index in [4.69, 9.17) is 9.52 Å². The van der Waals surface area contributed by atoms with Gasteiger partial charge in [-0.1, -0.05) is 0 Å². The topological polar surface area (TPSA) is 63.3 Å². The Balaban J connectivity index is 2.82. The Hall–Kier alpha value is -1.36. The van der Waals surface area contributed by atoms with Gasteiger partial charge in [0.05, 0.1) is 0 Å². The molecule has 0 aromatic carbocycles. The quantitative estimate of drug-likeness (QED) is 0.833. The third-order valence-corrected chi connectivity index (χ3v) is 2.00. The molecule has 0 radical (unpaired) electrons. The minimum Gasteiger partial charge on any atom is -0.476 e. The minimum absolute atomic E-state index is 0.0665. The van der Waals surface area contributed by atoms with Crippen molar-refractivity contribution in [2.45, 2.75) is 0 Å². The number of rotatable bonds is 1. The van der Waals surface area contributed by atoms with Gasteiger partial charge in [-0.15, -0.1) is 0 Å². The van der Waals surface area contributed by atoms with Crippen LogP contribution in [0.5, 0.6) is 0 Å². The van der Waals surface area contributed by atoms with Gasteiger partial charge in [0.25, 0.3) is 0 Å². The van der Waals surface area contributed by atoms with Crippen molar-refractivity contribution >= 4 is 32.9 Å². The normalized spacial score (nSPS) is 10.5. The Morgan fingerprint density at radius 3 is 3.08 bits per heavy atom. The summed E-state index contributed by atoms with van der Waals surface area (Å²) < 4.78 is 5.63. The Morgan fingerprint density at radius 1 is 1.62 bits per heavy atom. The van der Waals surface area contributed by atoms with Gasteiger partial charge in [-0.05, 0) is 28.1 Å². The van der Waals surface area contributed by atoms with Gasteiger partial charge < -0.3 is 9.52 Å². The number of hydrogen-bond donors (Lipinski definition) is 1. The molecular formula is C8H4BrNO3. The van der Waals surface area contributed by atoms with Gasteiger partial charge in [-0.2, -0.15) is 0 Å². The second kappa shape index (κ2) is 2.85. The number of furan rings is 1. The van der Waals surface area contributed by atoms with E-state index in [1.54, 1.807) is 12.1 Å². The van der Waals surface area contributed by atoms with Crippen molar-refractivity contribution in [3.8, 4) is 0 Å². The van der Waals surface area contributed by atoms with Crippen LogP contribution in [0, 0.1) is 0 Å². The average Bonchev–Trinajstić information content (AvgIpc) is 2.43. The fraction of sp³-hybridized carbons (Fsp3) is 0. The summed E-state index contributed by atoms with van der Waals surface area (Å²) >= 11 is 3.12. The summed E-state index contributed by atoms with van der Waals surface area (Å²) in [4.78, 5) is 14.4. The average molecular weight is 242 g/mol. The number of carboxylic acid groups (broad SMARTS) is 1. The molecule has 0 amide bonds. The first-order valence-corrected chi connectivity index (χ1v) is 4.25. The molecule has 2 aromatic rings. The monoisotopic (exact) mass is 241 g/mol. The van der Waals surface area contributed by atoms with E-state index in [-0.39, 0.29) is 5.69 Å². The number of halogens is 1. The van der Waals surface area contributed by atoms with Gasteiger partial charge in [-0.3, -0.25) is 0 Å². The van der Waals surface area contributed by atoms with E-state index in [0.717, 1.165) is 5.39 Å². The summed E-state index contributed by atoms with van der Waals surface area (Å²) in [6, 6.07) is 3.39. The number of fused-ring (bicyclic) bond motifs is 1. The van der Waals surface area contributed by atoms with Gasteiger partial charge in [-0.25, -0.2) is 9.78 Å². The third-order valence-electron chi connectivity index (χ3n) is 1.61. The first-order valence-electron chi connectivity index (χ1n) is 3.46. The molecule has 0 bridgehead atoms. The number of aromatic carboxylic acids is 1. The second-order valence-corrected chi connectivity index (χ2v) is 3.22. The first-order chi connectivity index (χ1) is 6.18. The predicted molar refractivity (Wildman–Crippen MR) is 48.7 cm³/mol. The number of carbonyl (C=O) groups is 1. The predicted octanol–water partition coefficient (Wildman–Crippen LogP) is 2.29. The van der Waals surface area contributed by atoms with Crippen LogP contribution in [-0.2, 0) is 0 Å². The molecule has 0 saturated carbocycles. The lowest BCUT2D eigenvalue weighted by Gasteiger charge is -1.92. The summed E-state index contributed by atoms with van der Waals surface area (Å²) in [6.07, 6.45) is 1.44. The van der Waals surface area contributed by atoms with E-state index in [1.807, 2.05) is 0 Å². The van der Waals surface area contributed by atoms with Crippen LogP contribution in [0.1, 0.15) is 10.5 Å². The second-order valence-electron chi connectivity index (χ2n) is 2.43. The van der Waals surface area contributed by atoms with Crippen LogP contribution >= 0.6 is 15.9 Å². The molecule has 66 valence electrons. The van der Waals surface area contributed by atoms with E-state index < -0.39 is 5.97 Å². The Morgan fingerprint density at radius 2 is 2.38 bits per heavy atom.